The molecule has 1 heterocycles. The van der Waals surface area contributed by atoms with Crippen LogP contribution in [0.2, 0.25) is 0 Å². The van der Waals surface area contributed by atoms with Gasteiger partial charge in [-0.2, -0.15) is 0 Å². The molecule has 4 nitrogen and oxygen atoms in total. The average Bonchev–Trinajstić information content (AvgIpc) is 2.77. The first-order valence-electron chi connectivity index (χ1n) is 6.53. The smallest absolute Gasteiger partial charge is 0.305 e. The minimum Gasteiger partial charge on any atom is -0.481 e. The van der Waals surface area contributed by atoms with Gasteiger partial charge < -0.3 is 10.0 Å². The number of carboxylic acid groups (broad SMARTS) is 1. The van der Waals surface area contributed by atoms with E-state index in [9.17, 15) is 9.59 Å². The summed E-state index contributed by atoms with van der Waals surface area (Å²) in [5.74, 6) is -0.961. The zero-order valence-corrected chi connectivity index (χ0v) is 12.4. The summed E-state index contributed by atoms with van der Waals surface area (Å²) >= 11 is 1.47. The predicted molar refractivity (Wildman–Crippen MR) is 80.4 cm³/mol. The van der Waals surface area contributed by atoms with E-state index in [1.54, 1.807) is 4.90 Å². The van der Waals surface area contributed by atoms with Gasteiger partial charge in [0.1, 0.15) is 0 Å². The molecule has 5 heteroatoms. The lowest BCUT2D eigenvalue weighted by Crippen LogP contribution is -2.32. The fourth-order valence-corrected chi connectivity index (χ4v) is 3.33. The summed E-state index contributed by atoms with van der Waals surface area (Å²) in [6.45, 7) is 4.57. The predicted octanol–water partition coefficient (Wildman–Crippen LogP) is 3.15. The van der Waals surface area contributed by atoms with E-state index < -0.39 is 5.97 Å². The molecule has 0 bridgehead atoms. The molecule has 1 amide bonds. The Morgan fingerprint density at radius 3 is 2.60 bits per heavy atom. The number of aryl methyl sites for hydroxylation is 1. The number of thiophene rings is 1. The quantitative estimate of drug-likeness (QED) is 0.920. The van der Waals surface area contributed by atoms with Crippen LogP contribution >= 0.6 is 11.3 Å². The van der Waals surface area contributed by atoms with Crippen molar-refractivity contribution in [3.05, 3.63) is 34.7 Å². The number of rotatable bonds is 5. The molecular weight excluding hydrogens is 274 g/mol. The number of carboxylic acids is 1. The first-order valence-corrected chi connectivity index (χ1v) is 7.35. The number of fused-ring (bicyclic) bond motifs is 1. The van der Waals surface area contributed by atoms with Crippen molar-refractivity contribution in [1.29, 1.82) is 0 Å². The molecule has 2 rings (SSSR count). The number of nitrogens with zero attached hydrogens (tertiary/aromatic N) is 1. The summed E-state index contributed by atoms with van der Waals surface area (Å²) < 4.78 is 1.09. The summed E-state index contributed by atoms with van der Waals surface area (Å²) in [5, 5.41) is 9.84. The van der Waals surface area contributed by atoms with E-state index in [2.05, 4.69) is 0 Å². The second-order valence-corrected chi connectivity index (χ2v) is 5.63. The van der Waals surface area contributed by atoms with Crippen LogP contribution in [-0.4, -0.2) is 35.0 Å². The van der Waals surface area contributed by atoms with E-state index in [1.165, 1.54) is 11.3 Å². The monoisotopic (exact) mass is 291 g/mol. The normalized spacial score (nSPS) is 10.7. The van der Waals surface area contributed by atoms with E-state index in [0.29, 0.717) is 11.4 Å². The van der Waals surface area contributed by atoms with Gasteiger partial charge in [-0.25, -0.2) is 0 Å². The summed E-state index contributed by atoms with van der Waals surface area (Å²) in [6.07, 6.45) is -0.0243. The first-order chi connectivity index (χ1) is 9.54. The van der Waals surface area contributed by atoms with Gasteiger partial charge in [-0.1, -0.05) is 18.2 Å². The molecule has 0 aliphatic carbocycles. The highest BCUT2D eigenvalue weighted by Gasteiger charge is 2.20. The molecule has 0 aliphatic heterocycles. The standard InChI is InChI=1S/C15H17NO3S/c1-3-16(9-8-13(17)18)15(19)14-10(2)11-6-4-5-7-12(11)20-14/h4-7H,3,8-9H2,1-2H3,(H,17,18). The maximum atomic E-state index is 12.5. The number of aliphatic carboxylic acids is 1. The Kier molecular flexibility index (Phi) is 4.39. The van der Waals surface area contributed by atoms with E-state index in [0.717, 1.165) is 15.6 Å². The number of hydrogen-bond acceptors (Lipinski definition) is 3. The van der Waals surface area contributed by atoms with Gasteiger partial charge in [-0.3, -0.25) is 9.59 Å². The van der Waals surface area contributed by atoms with E-state index in [-0.39, 0.29) is 18.9 Å². The molecule has 0 atom stereocenters. The van der Waals surface area contributed by atoms with Crippen LogP contribution in [0.4, 0.5) is 0 Å². The molecule has 2 aromatic rings. The van der Waals surface area contributed by atoms with Crippen LogP contribution in [0.3, 0.4) is 0 Å². The topological polar surface area (TPSA) is 57.6 Å². The number of benzene rings is 1. The van der Waals surface area contributed by atoms with Crippen molar-refractivity contribution >= 4 is 33.3 Å². The van der Waals surface area contributed by atoms with Crippen LogP contribution in [0.5, 0.6) is 0 Å². The molecule has 1 N–H and O–H groups in total. The van der Waals surface area contributed by atoms with Gasteiger partial charge >= 0.3 is 5.97 Å². The van der Waals surface area contributed by atoms with Crippen LogP contribution in [0.15, 0.2) is 24.3 Å². The average molecular weight is 291 g/mol. The Morgan fingerprint density at radius 1 is 1.30 bits per heavy atom. The second kappa shape index (κ2) is 6.05. The summed E-state index contributed by atoms with van der Waals surface area (Å²) in [6, 6.07) is 7.91. The Hall–Kier alpha value is -1.88. The van der Waals surface area contributed by atoms with Crippen molar-refractivity contribution in [2.75, 3.05) is 13.1 Å². The highest BCUT2D eigenvalue weighted by atomic mass is 32.1. The number of carbonyl (C=O) groups is 2. The Bertz CT molecular complexity index is 648. The zero-order chi connectivity index (χ0) is 14.7. The van der Waals surface area contributed by atoms with E-state index in [1.807, 2.05) is 38.1 Å². The third-order valence-corrected chi connectivity index (χ3v) is 4.56. The summed E-state index contributed by atoms with van der Waals surface area (Å²) in [7, 11) is 0. The van der Waals surface area contributed by atoms with Crippen molar-refractivity contribution in [2.24, 2.45) is 0 Å². The lowest BCUT2D eigenvalue weighted by Gasteiger charge is -2.19. The zero-order valence-electron chi connectivity index (χ0n) is 11.5. The number of carbonyl (C=O) groups excluding carboxylic acids is 1. The Labute approximate surface area is 121 Å². The minimum atomic E-state index is -0.885. The van der Waals surface area contributed by atoms with Gasteiger partial charge in [0, 0.05) is 17.8 Å². The molecular formula is C15H17NO3S. The fraction of sp³-hybridized carbons (Fsp3) is 0.333. The molecule has 20 heavy (non-hydrogen) atoms. The molecule has 0 fully saturated rings. The second-order valence-electron chi connectivity index (χ2n) is 4.58. The summed E-state index contributed by atoms with van der Waals surface area (Å²) in [5.41, 5.74) is 0.976. The maximum absolute atomic E-state index is 12.5. The third kappa shape index (κ3) is 2.82. The van der Waals surface area contributed by atoms with Crippen LogP contribution in [0.1, 0.15) is 28.6 Å². The third-order valence-electron chi connectivity index (χ3n) is 3.30. The van der Waals surface area contributed by atoms with Crippen molar-refractivity contribution < 1.29 is 14.7 Å². The van der Waals surface area contributed by atoms with Crippen molar-refractivity contribution in [3.63, 3.8) is 0 Å². The van der Waals surface area contributed by atoms with Crippen molar-refractivity contribution in [1.82, 2.24) is 4.90 Å². The van der Waals surface area contributed by atoms with Crippen LogP contribution in [-0.2, 0) is 4.79 Å². The Morgan fingerprint density at radius 2 is 2.00 bits per heavy atom. The highest BCUT2D eigenvalue weighted by Crippen LogP contribution is 2.31. The van der Waals surface area contributed by atoms with Crippen LogP contribution < -0.4 is 0 Å². The number of hydrogen-bond donors (Lipinski definition) is 1. The first kappa shape index (κ1) is 14.5. The molecule has 0 saturated carbocycles. The van der Waals surface area contributed by atoms with Crippen LogP contribution in [0, 0.1) is 6.92 Å². The van der Waals surface area contributed by atoms with Crippen molar-refractivity contribution in [2.45, 2.75) is 20.3 Å². The molecule has 1 aromatic heterocycles. The fourth-order valence-electron chi connectivity index (χ4n) is 2.16. The molecule has 0 spiro atoms. The van der Waals surface area contributed by atoms with E-state index in [4.69, 9.17) is 5.11 Å². The molecule has 0 aliphatic rings. The maximum Gasteiger partial charge on any atom is 0.305 e. The highest BCUT2D eigenvalue weighted by molar-refractivity contribution is 7.21. The largest absolute Gasteiger partial charge is 0.481 e. The molecule has 1 aromatic carbocycles. The molecule has 106 valence electrons. The lowest BCUT2D eigenvalue weighted by molar-refractivity contribution is -0.137. The van der Waals surface area contributed by atoms with Gasteiger partial charge in [0.2, 0.25) is 0 Å². The van der Waals surface area contributed by atoms with Gasteiger partial charge in [0.15, 0.2) is 0 Å². The van der Waals surface area contributed by atoms with E-state index >= 15 is 0 Å². The van der Waals surface area contributed by atoms with Gasteiger partial charge in [-0.15, -0.1) is 11.3 Å². The number of amides is 1. The molecule has 0 unspecified atom stereocenters. The summed E-state index contributed by atoms with van der Waals surface area (Å²) in [4.78, 5) is 25.5. The SMILES string of the molecule is CCN(CCC(=O)O)C(=O)c1sc2ccccc2c1C. The lowest BCUT2D eigenvalue weighted by atomic mass is 10.1. The molecule has 0 radical (unpaired) electrons. The van der Waals surface area contributed by atoms with Gasteiger partial charge in [-0.05, 0) is 30.9 Å². The Balaban J connectivity index is 2.29. The van der Waals surface area contributed by atoms with Crippen molar-refractivity contribution in [3.8, 4) is 0 Å². The van der Waals surface area contributed by atoms with Gasteiger partial charge in [0.25, 0.3) is 5.91 Å². The molecule has 0 saturated heterocycles. The minimum absolute atomic E-state index is 0.0243. The van der Waals surface area contributed by atoms with Crippen LogP contribution in [0.25, 0.3) is 10.1 Å². The van der Waals surface area contributed by atoms with Gasteiger partial charge in [0.05, 0.1) is 11.3 Å².